The third-order valence-electron chi connectivity index (χ3n) is 4.94. The van der Waals surface area contributed by atoms with Gasteiger partial charge in [0.25, 0.3) is 0 Å². The highest BCUT2D eigenvalue weighted by atomic mass is 79.9. The molecule has 0 aliphatic carbocycles. The van der Waals surface area contributed by atoms with Crippen LogP contribution in [0.4, 0.5) is 0 Å². The van der Waals surface area contributed by atoms with Crippen LogP contribution in [0.2, 0.25) is 0 Å². The molecular weight excluding hydrogens is 408 g/mol. The number of piperazine rings is 1. The van der Waals surface area contributed by atoms with Crippen molar-refractivity contribution >= 4 is 15.9 Å². The highest BCUT2D eigenvalue weighted by molar-refractivity contribution is 9.10. The molecule has 0 aromatic heterocycles. The largest absolute Gasteiger partial charge is 0.493 e. The molecule has 1 saturated heterocycles. The van der Waals surface area contributed by atoms with Gasteiger partial charge in [-0.1, -0.05) is 34.1 Å². The highest BCUT2D eigenvalue weighted by Gasteiger charge is 2.21. The monoisotopic (exact) mass is 434 g/mol. The topological polar surface area (TPSA) is 34.2 Å². The maximum Gasteiger partial charge on any atom is 0.203 e. The first kappa shape index (κ1) is 20.0. The number of nitrogens with zero attached hydrogens (tertiary/aromatic N) is 2. The maximum absolute atomic E-state index is 5.62. The Balaban J connectivity index is 1.61. The normalized spacial score (nSPS) is 15.6. The van der Waals surface area contributed by atoms with E-state index in [0.717, 1.165) is 55.1 Å². The molecule has 0 amide bonds. The van der Waals surface area contributed by atoms with Gasteiger partial charge < -0.3 is 14.2 Å². The molecule has 2 aromatic carbocycles. The summed E-state index contributed by atoms with van der Waals surface area (Å²) in [5.74, 6) is 2.11. The van der Waals surface area contributed by atoms with Gasteiger partial charge in [0, 0.05) is 49.3 Å². The lowest BCUT2D eigenvalue weighted by atomic mass is 10.1. The first-order valence-corrected chi connectivity index (χ1v) is 9.91. The Bertz CT molecular complexity index is 761. The van der Waals surface area contributed by atoms with E-state index in [1.165, 1.54) is 5.56 Å². The minimum Gasteiger partial charge on any atom is -0.493 e. The van der Waals surface area contributed by atoms with Crippen molar-refractivity contribution in [1.82, 2.24) is 9.80 Å². The Morgan fingerprint density at radius 1 is 0.815 bits per heavy atom. The second-order valence-corrected chi connectivity index (χ2v) is 7.59. The standard InChI is InChI=1S/C21H27BrN2O3/c1-25-19-8-7-17(20(26-2)21(19)27-3)15-24-11-9-23(10-12-24)14-16-5-4-6-18(22)13-16/h4-8,13H,9-12,14-15H2,1-3H3. The van der Waals surface area contributed by atoms with E-state index in [-0.39, 0.29) is 0 Å². The molecule has 0 atom stereocenters. The zero-order valence-corrected chi connectivity index (χ0v) is 17.8. The van der Waals surface area contributed by atoms with Gasteiger partial charge in [0.05, 0.1) is 21.3 Å². The molecule has 27 heavy (non-hydrogen) atoms. The van der Waals surface area contributed by atoms with Gasteiger partial charge in [-0.25, -0.2) is 0 Å². The number of benzene rings is 2. The van der Waals surface area contributed by atoms with E-state index in [0.29, 0.717) is 11.5 Å². The van der Waals surface area contributed by atoms with Crippen molar-refractivity contribution in [3.8, 4) is 17.2 Å². The van der Waals surface area contributed by atoms with E-state index in [1.807, 2.05) is 6.07 Å². The minimum atomic E-state index is 0.658. The predicted octanol–water partition coefficient (Wildman–Crippen LogP) is 3.79. The van der Waals surface area contributed by atoms with Crippen LogP contribution < -0.4 is 14.2 Å². The Morgan fingerprint density at radius 3 is 2.07 bits per heavy atom. The smallest absolute Gasteiger partial charge is 0.203 e. The van der Waals surface area contributed by atoms with Gasteiger partial charge in [0.2, 0.25) is 5.75 Å². The first-order chi connectivity index (χ1) is 13.1. The quantitative estimate of drug-likeness (QED) is 0.661. The molecule has 2 aromatic rings. The van der Waals surface area contributed by atoms with Crippen molar-refractivity contribution in [2.45, 2.75) is 13.1 Å². The van der Waals surface area contributed by atoms with Gasteiger partial charge in [-0.3, -0.25) is 9.80 Å². The second kappa shape index (κ2) is 9.44. The summed E-state index contributed by atoms with van der Waals surface area (Å²) in [6, 6.07) is 12.6. The van der Waals surface area contributed by atoms with Crippen LogP contribution in [0, 0.1) is 0 Å². The summed E-state index contributed by atoms with van der Waals surface area (Å²) >= 11 is 3.55. The molecule has 1 aliphatic heterocycles. The summed E-state index contributed by atoms with van der Waals surface area (Å²) in [5.41, 5.74) is 2.47. The number of rotatable bonds is 7. The molecule has 146 valence electrons. The average molecular weight is 435 g/mol. The number of halogens is 1. The van der Waals surface area contributed by atoms with Crippen LogP contribution in [0.15, 0.2) is 40.9 Å². The van der Waals surface area contributed by atoms with Crippen LogP contribution in [-0.4, -0.2) is 57.3 Å². The van der Waals surface area contributed by atoms with Crippen molar-refractivity contribution < 1.29 is 14.2 Å². The lowest BCUT2D eigenvalue weighted by molar-refractivity contribution is 0.121. The minimum absolute atomic E-state index is 0.658. The van der Waals surface area contributed by atoms with E-state index in [1.54, 1.807) is 21.3 Å². The molecule has 6 heteroatoms. The van der Waals surface area contributed by atoms with E-state index < -0.39 is 0 Å². The number of ether oxygens (including phenoxy) is 3. The third kappa shape index (κ3) is 4.94. The molecule has 0 saturated carbocycles. The summed E-state index contributed by atoms with van der Waals surface area (Å²) in [6.07, 6.45) is 0. The van der Waals surface area contributed by atoms with E-state index in [9.17, 15) is 0 Å². The predicted molar refractivity (Wildman–Crippen MR) is 111 cm³/mol. The molecule has 5 nitrogen and oxygen atoms in total. The molecule has 0 bridgehead atoms. The van der Waals surface area contributed by atoms with Crippen LogP contribution in [0.1, 0.15) is 11.1 Å². The van der Waals surface area contributed by atoms with Crippen molar-refractivity contribution in [1.29, 1.82) is 0 Å². The Labute approximate surface area is 169 Å². The Kier molecular flexibility index (Phi) is 6.99. The number of hydrogen-bond acceptors (Lipinski definition) is 5. The lowest BCUT2D eigenvalue weighted by Gasteiger charge is -2.35. The molecule has 1 heterocycles. The molecule has 1 fully saturated rings. The van der Waals surface area contributed by atoms with Crippen molar-refractivity contribution in [2.75, 3.05) is 47.5 Å². The SMILES string of the molecule is COc1ccc(CN2CCN(Cc3cccc(Br)c3)CC2)c(OC)c1OC. The van der Waals surface area contributed by atoms with Gasteiger partial charge >= 0.3 is 0 Å². The molecule has 0 N–H and O–H groups in total. The third-order valence-corrected chi connectivity index (χ3v) is 5.43. The number of methoxy groups -OCH3 is 3. The van der Waals surface area contributed by atoms with Gasteiger partial charge in [-0.15, -0.1) is 0 Å². The molecular formula is C21H27BrN2O3. The van der Waals surface area contributed by atoms with Gasteiger partial charge in [-0.2, -0.15) is 0 Å². The van der Waals surface area contributed by atoms with Gasteiger partial charge in [0.1, 0.15) is 0 Å². The Hall–Kier alpha value is -1.76. The van der Waals surface area contributed by atoms with Crippen LogP contribution in [0.25, 0.3) is 0 Å². The number of hydrogen-bond donors (Lipinski definition) is 0. The summed E-state index contributed by atoms with van der Waals surface area (Å²) in [7, 11) is 4.96. The summed E-state index contributed by atoms with van der Waals surface area (Å²) in [6.45, 7) is 6.02. The van der Waals surface area contributed by atoms with Crippen LogP contribution in [-0.2, 0) is 13.1 Å². The zero-order chi connectivity index (χ0) is 19.2. The van der Waals surface area contributed by atoms with Crippen molar-refractivity contribution in [3.05, 3.63) is 52.0 Å². The maximum atomic E-state index is 5.62. The van der Waals surface area contributed by atoms with Crippen molar-refractivity contribution in [2.24, 2.45) is 0 Å². The molecule has 0 radical (unpaired) electrons. The lowest BCUT2D eigenvalue weighted by Crippen LogP contribution is -2.45. The summed E-state index contributed by atoms with van der Waals surface area (Å²) in [4.78, 5) is 4.96. The van der Waals surface area contributed by atoms with Gasteiger partial charge in [-0.05, 0) is 23.8 Å². The molecule has 3 rings (SSSR count). The fourth-order valence-corrected chi connectivity index (χ4v) is 3.97. The summed E-state index contributed by atoms with van der Waals surface area (Å²) < 4.78 is 17.6. The van der Waals surface area contributed by atoms with Crippen molar-refractivity contribution in [3.63, 3.8) is 0 Å². The fraction of sp³-hybridized carbons (Fsp3) is 0.429. The average Bonchev–Trinajstić information content (AvgIpc) is 2.69. The zero-order valence-electron chi connectivity index (χ0n) is 16.2. The van der Waals surface area contributed by atoms with E-state index in [2.05, 4.69) is 56.1 Å². The van der Waals surface area contributed by atoms with Crippen LogP contribution >= 0.6 is 15.9 Å². The molecule has 1 aliphatic rings. The molecule has 0 spiro atoms. The Morgan fingerprint density at radius 2 is 1.48 bits per heavy atom. The van der Waals surface area contributed by atoms with Crippen LogP contribution in [0.3, 0.4) is 0 Å². The second-order valence-electron chi connectivity index (χ2n) is 6.68. The fourth-order valence-electron chi connectivity index (χ4n) is 3.53. The van der Waals surface area contributed by atoms with E-state index >= 15 is 0 Å². The molecule has 0 unspecified atom stereocenters. The van der Waals surface area contributed by atoms with Crippen LogP contribution in [0.5, 0.6) is 17.2 Å². The van der Waals surface area contributed by atoms with Gasteiger partial charge in [0.15, 0.2) is 11.5 Å². The summed E-state index contributed by atoms with van der Waals surface area (Å²) in [5, 5.41) is 0. The van der Waals surface area contributed by atoms with E-state index in [4.69, 9.17) is 14.2 Å². The highest BCUT2D eigenvalue weighted by Crippen LogP contribution is 2.40. The first-order valence-electron chi connectivity index (χ1n) is 9.11.